The van der Waals surface area contributed by atoms with Crippen LogP contribution in [0.1, 0.15) is 12.0 Å². The molecule has 0 radical (unpaired) electrons. The van der Waals surface area contributed by atoms with Crippen molar-refractivity contribution in [1.29, 1.82) is 0 Å². The number of anilines is 2. The second kappa shape index (κ2) is 11.9. The average Bonchev–Trinajstić information content (AvgIpc) is 3.16. The maximum Gasteiger partial charge on any atom is 0.332 e. The molecule has 0 aromatic heterocycles. The molecular formula is C28H28ClN3O6. The Bertz CT molecular complexity index is 1310. The molecule has 0 spiro atoms. The fourth-order valence-corrected chi connectivity index (χ4v) is 4.39. The summed E-state index contributed by atoms with van der Waals surface area (Å²) in [7, 11) is 4.66. The lowest BCUT2D eigenvalue weighted by Crippen LogP contribution is -2.39. The van der Waals surface area contributed by atoms with E-state index in [1.165, 1.54) is 4.90 Å². The highest BCUT2D eigenvalue weighted by molar-refractivity contribution is 6.30. The number of methoxy groups -OCH3 is 3. The van der Waals surface area contributed by atoms with E-state index in [2.05, 4.69) is 5.32 Å². The molecule has 0 aliphatic carbocycles. The minimum absolute atomic E-state index is 0.202. The molecule has 3 aromatic carbocycles. The predicted molar refractivity (Wildman–Crippen MR) is 144 cm³/mol. The minimum Gasteiger partial charge on any atom is -0.497 e. The third kappa shape index (κ3) is 5.84. The Balaban J connectivity index is 1.55. The van der Waals surface area contributed by atoms with Gasteiger partial charge in [0.05, 0.1) is 33.4 Å². The highest BCUT2D eigenvalue weighted by Gasteiger charge is 2.46. The van der Waals surface area contributed by atoms with Gasteiger partial charge in [-0.1, -0.05) is 17.7 Å². The third-order valence-corrected chi connectivity index (χ3v) is 6.50. The summed E-state index contributed by atoms with van der Waals surface area (Å²) < 4.78 is 15.8. The first-order valence-electron chi connectivity index (χ1n) is 11.9. The summed E-state index contributed by atoms with van der Waals surface area (Å²) >= 11 is 6.00. The number of ether oxygens (including phenoxy) is 3. The van der Waals surface area contributed by atoms with Gasteiger partial charge in [-0.05, 0) is 72.6 Å². The Labute approximate surface area is 225 Å². The van der Waals surface area contributed by atoms with Crippen molar-refractivity contribution in [2.75, 3.05) is 38.1 Å². The molecule has 4 rings (SSSR count). The van der Waals surface area contributed by atoms with Gasteiger partial charge in [0.15, 0.2) is 11.5 Å². The summed E-state index contributed by atoms with van der Waals surface area (Å²) in [6, 6.07) is 17.3. The first kappa shape index (κ1) is 26.8. The molecule has 9 nitrogen and oxygen atoms in total. The lowest BCUT2D eigenvalue weighted by Gasteiger charge is -2.22. The van der Waals surface area contributed by atoms with Crippen LogP contribution in [0.3, 0.4) is 0 Å². The zero-order valence-electron chi connectivity index (χ0n) is 21.3. The van der Waals surface area contributed by atoms with E-state index in [4.69, 9.17) is 25.8 Å². The Morgan fingerprint density at radius 3 is 2.21 bits per heavy atom. The van der Waals surface area contributed by atoms with Crippen molar-refractivity contribution in [2.45, 2.75) is 18.9 Å². The SMILES string of the molecule is COc1ccc(NC(=O)CC2C(=O)N(c3ccc(Cl)cc3)C(=O)N2CCc2ccc(OC)c(OC)c2)cc1. The molecule has 38 heavy (non-hydrogen) atoms. The Morgan fingerprint density at radius 1 is 0.895 bits per heavy atom. The Morgan fingerprint density at radius 2 is 1.58 bits per heavy atom. The van der Waals surface area contributed by atoms with E-state index in [-0.39, 0.29) is 13.0 Å². The normalized spacial score (nSPS) is 15.0. The van der Waals surface area contributed by atoms with Crippen molar-refractivity contribution in [1.82, 2.24) is 4.90 Å². The maximum atomic E-state index is 13.5. The van der Waals surface area contributed by atoms with Crippen LogP contribution in [-0.2, 0) is 16.0 Å². The van der Waals surface area contributed by atoms with E-state index in [1.54, 1.807) is 75.9 Å². The lowest BCUT2D eigenvalue weighted by atomic mass is 10.1. The molecule has 1 aliphatic rings. The van der Waals surface area contributed by atoms with Crippen molar-refractivity contribution in [3.05, 3.63) is 77.3 Å². The number of nitrogens with zero attached hydrogens (tertiary/aromatic N) is 2. The van der Waals surface area contributed by atoms with Crippen molar-refractivity contribution >= 4 is 40.8 Å². The lowest BCUT2D eigenvalue weighted by molar-refractivity contribution is -0.124. The van der Waals surface area contributed by atoms with Gasteiger partial charge in [0.25, 0.3) is 5.91 Å². The van der Waals surface area contributed by atoms with Crippen LogP contribution in [0, 0.1) is 0 Å². The second-order valence-corrected chi connectivity index (χ2v) is 9.00. The van der Waals surface area contributed by atoms with Gasteiger partial charge in [0.2, 0.25) is 5.91 Å². The van der Waals surface area contributed by atoms with E-state index in [0.29, 0.717) is 40.1 Å². The molecule has 0 bridgehead atoms. The van der Waals surface area contributed by atoms with Crippen LogP contribution >= 0.6 is 11.6 Å². The number of halogens is 1. The number of urea groups is 1. The molecule has 1 unspecified atom stereocenters. The molecular weight excluding hydrogens is 510 g/mol. The number of amides is 4. The van der Waals surface area contributed by atoms with Crippen LogP contribution in [0.4, 0.5) is 16.2 Å². The van der Waals surface area contributed by atoms with E-state index in [1.807, 2.05) is 12.1 Å². The number of carbonyl (C=O) groups is 3. The smallest absolute Gasteiger partial charge is 0.332 e. The molecule has 1 heterocycles. The van der Waals surface area contributed by atoms with Gasteiger partial charge in [0, 0.05) is 17.3 Å². The topological polar surface area (TPSA) is 97.4 Å². The van der Waals surface area contributed by atoms with Gasteiger partial charge in [-0.2, -0.15) is 0 Å². The van der Waals surface area contributed by atoms with Crippen LogP contribution in [0.25, 0.3) is 0 Å². The van der Waals surface area contributed by atoms with Crippen molar-refractivity contribution in [3.8, 4) is 17.2 Å². The molecule has 1 atom stereocenters. The van der Waals surface area contributed by atoms with E-state index in [0.717, 1.165) is 10.5 Å². The first-order chi connectivity index (χ1) is 18.3. The molecule has 4 amide bonds. The quantitative estimate of drug-likeness (QED) is 0.374. The van der Waals surface area contributed by atoms with Crippen LogP contribution in [-0.4, -0.2) is 56.7 Å². The summed E-state index contributed by atoms with van der Waals surface area (Å²) in [5, 5.41) is 3.27. The molecule has 0 saturated carbocycles. The van der Waals surface area contributed by atoms with Gasteiger partial charge in [-0.25, -0.2) is 9.69 Å². The molecule has 198 valence electrons. The number of benzene rings is 3. The standard InChI is InChI=1S/C28H28ClN3O6/c1-36-22-11-7-20(8-12-22)30-26(33)17-23-27(34)32(21-9-5-19(29)6-10-21)28(35)31(23)15-14-18-4-13-24(37-2)25(16-18)38-3/h4-13,16,23H,14-15,17H2,1-3H3,(H,30,33). The van der Waals surface area contributed by atoms with Gasteiger partial charge >= 0.3 is 6.03 Å². The highest BCUT2D eigenvalue weighted by Crippen LogP contribution is 2.30. The molecule has 10 heteroatoms. The number of imide groups is 1. The fraction of sp³-hybridized carbons (Fsp3) is 0.250. The van der Waals surface area contributed by atoms with Gasteiger partial charge in [-0.15, -0.1) is 0 Å². The monoisotopic (exact) mass is 537 g/mol. The molecule has 1 aliphatic heterocycles. The van der Waals surface area contributed by atoms with Crippen LogP contribution < -0.4 is 24.4 Å². The predicted octanol–water partition coefficient (Wildman–Crippen LogP) is 4.77. The van der Waals surface area contributed by atoms with E-state index >= 15 is 0 Å². The van der Waals surface area contributed by atoms with Crippen LogP contribution in [0.5, 0.6) is 17.2 Å². The molecule has 1 N–H and O–H groups in total. The van der Waals surface area contributed by atoms with E-state index < -0.39 is 23.9 Å². The Kier molecular flexibility index (Phi) is 8.38. The van der Waals surface area contributed by atoms with Gasteiger partial charge in [0.1, 0.15) is 11.8 Å². The number of rotatable bonds is 10. The van der Waals surface area contributed by atoms with Crippen molar-refractivity contribution in [2.24, 2.45) is 0 Å². The zero-order chi connectivity index (χ0) is 27.2. The van der Waals surface area contributed by atoms with E-state index in [9.17, 15) is 14.4 Å². The maximum absolute atomic E-state index is 13.5. The summed E-state index contributed by atoms with van der Waals surface area (Å²) in [6.45, 7) is 0.213. The summed E-state index contributed by atoms with van der Waals surface area (Å²) in [4.78, 5) is 42.4. The Hall–Kier alpha value is -4.24. The number of nitrogens with one attached hydrogen (secondary N) is 1. The summed E-state index contributed by atoms with van der Waals surface area (Å²) in [5.41, 5.74) is 1.83. The molecule has 1 saturated heterocycles. The zero-order valence-corrected chi connectivity index (χ0v) is 22.0. The number of hydrogen-bond acceptors (Lipinski definition) is 6. The van der Waals surface area contributed by atoms with Crippen LogP contribution in [0.2, 0.25) is 5.02 Å². The van der Waals surface area contributed by atoms with Gasteiger partial charge in [-0.3, -0.25) is 9.59 Å². The summed E-state index contributed by atoms with van der Waals surface area (Å²) in [6.07, 6.45) is 0.233. The first-order valence-corrected chi connectivity index (χ1v) is 12.3. The molecule has 3 aromatic rings. The summed E-state index contributed by atoms with van der Waals surface area (Å²) in [5.74, 6) is 0.933. The van der Waals surface area contributed by atoms with Gasteiger partial charge < -0.3 is 24.4 Å². The fourth-order valence-electron chi connectivity index (χ4n) is 4.26. The average molecular weight is 538 g/mol. The largest absolute Gasteiger partial charge is 0.497 e. The third-order valence-electron chi connectivity index (χ3n) is 6.25. The van der Waals surface area contributed by atoms with Crippen molar-refractivity contribution in [3.63, 3.8) is 0 Å². The highest BCUT2D eigenvalue weighted by atomic mass is 35.5. The van der Waals surface area contributed by atoms with Crippen molar-refractivity contribution < 1.29 is 28.6 Å². The van der Waals surface area contributed by atoms with Crippen LogP contribution in [0.15, 0.2) is 66.7 Å². The second-order valence-electron chi connectivity index (χ2n) is 8.56. The molecule has 1 fully saturated rings. The number of hydrogen-bond donors (Lipinski definition) is 1. The minimum atomic E-state index is -0.975. The number of carbonyl (C=O) groups excluding carboxylic acids is 3.